The maximum atomic E-state index is 10.7. The molecule has 0 amide bonds. The number of carboxylic acid groups (broad SMARTS) is 1. The molecule has 0 aromatic carbocycles. The van der Waals surface area contributed by atoms with Gasteiger partial charge in [-0.1, -0.05) is 0 Å². The van der Waals surface area contributed by atoms with Crippen molar-refractivity contribution in [2.45, 2.75) is 19.4 Å². The van der Waals surface area contributed by atoms with E-state index in [0.717, 1.165) is 5.69 Å². The monoisotopic (exact) mass is 224 g/mol. The van der Waals surface area contributed by atoms with Gasteiger partial charge >= 0.3 is 5.97 Å². The molecule has 0 bridgehead atoms. The molecule has 16 heavy (non-hydrogen) atoms. The van der Waals surface area contributed by atoms with Gasteiger partial charge in [-0.15, -0.1) is 0 Å². The van der Waals surface area contributed by atoms with Gasteiger partial charge < -0.3 is 15.2 Å². The highest BCUT2D eigenvalue weighted by molar-refractivity contribution is 5.86. The van der Waals surface area contributed by atoms with Gasteiger partial charge in [-0.05, 0) is 26.0 Å². The van der Waals surface area contributed by atoms with Crippen LogP contribution in [0.15, 0.2) is 18.3 Å². The first-order chi connectivity index (χ1) is 7.44. The standard InChI is InChI=1S/C11H16N2O3/c1-11(2,16-3)7-13-8-4-5-12-9(6-8)10(14)15/h4-6H,7H2,1-3H3,(H,12,13)(H,14,15). The van der Waals surface area contributed by atoms with Crippen LogP contribution in [-0.4, -0.2) is 35.3 Å². The Balaban J connectivity index is 2.68. The van der Waals surface area contributed by atoms with Crippen molar-refractivity contribution in [1.29, 1.82) is 0 Å². The topological polar surface area (TPSA) is 71.5 Å². The number of aromatic nitrogens is 1. The summed E-state index contributed by atoms with van der Waals surface area (Å²) in [6.07, 6.45) is 1.46. The van der Waals surface area contributed by atoms with E-state index in [1.165, 1.54) is 12.3 Å². The van der Waals surface area contributed by atoms with Crippen molar-refractivity contribution in [1.82, 2.24) is 4.98 Å². The predicted molar refractivity (Wildman–Crippen MR) is 60.8 cm³/mol. The number of hydrogen-bond donors (Lipinski definition) is 2. The van der Waals surface area contributed by atoms with E-state index >= 15 is 0 Å². The van der Waals surface area contributed by atoms with Crippen LogP contribution < -0.4 is 5.32 Å². The second-order valence-electron chi connectivity index (χ2n) is 4.05. The summed E-state index contributed by atoms with van der Waals surface area (Å²) in [5, 5.41) is 11.9. The molecule has 0 aliphatic carbocycles. The van der Waals surface area contributed by atoms with Crippen molar-refractivity contribution >= 4 is 11.7 Å². The number of carbonyl (C=O) groups is 1. The minimum absolute atomic E-state index is 0.0280. The molecule has 0 atom stereocenters. The van der Waals surface area contributed by atoms with E-state index in [2.05, 4.69) is 10.3 Å². The average molecular weight is 224 g/mol. The zero-order valence-electron chi connectivity index (χ0n) is 9.65. The summed E-state index contributed by atoms with van der Waals surface area (Å²) < 4.78 is 5.24. The number of aromatic carboxylic acids is 1. The Kier molecular flexibility index (Phi) is 3.84. The highest BCUT2D eigenvalue weighted by atomic mass is 16.5. The first-order valence-electron chi connectivity index (χ1n) is 4.93. The molecular weight excluding hydrogens is 208 g/mol. The maximum absolute atomic E-state index is 10.7. The number of pyridine rings is 1. The van der Waals surface area contributed by atoms with Gasteiger partial charge in [-0.3, -0.25) is 0 Å². The number of carboxylic acids is 1. The highest BCUT2D eigenvalue weighted by Gasteiger charge is 2.15. The van der Waals surface area contributed by atoms with Gasteiger partial charge in [0.1, 0.15) is 5.69 Å². The number of hydrogen-bond acceptors (Lipinski definition) is 4. The van der Waals surface area contributed by atoms with Crippen LogP contribution in [0.5, 0.6) is 0 Å². The molecule has 1 rings (SSSR count). The lowest BCUT2D eigenvalue weighted by molar-refractivity contribution is 0.0344. The van der Waals surface area contributed by atoms with E-state index in [1.807, 2.05) is 13.8 Å². The van der Waals surface area contributed by atoms with Gasteiger partial charge in [0.05, 0.1) is 5.60 Å². The molecule has 2 N–H and O–H groups in total. The number of nitrogens with zero attached hydrogens (tertiary/aromatic N) is 1. The summed E-state index contributed by atoms with van der Waals surface area (Å²) in [5.41, 5.74) is 0.449. The predicted octanol–water partition coefficient (Wildman–Crippen LogP) is 1.62. The molecule has 5 heteroatoms. The zero-order valence-corrected chi connectivity index (χ0v) is 9.65. The molecule has 5 nitrogen and oxygen atoms in total. The number of rotatable bonds is 5. The van der Waals surface area contributed by atoms with Crippen LogP contribution in [0.2, 0.25) is 0 Å². The second-order valence-corrected chi connectivity index (χ2v) is 4.05. The van der Waals surface area contributed by atoms with E-state index in [-0.39, 0.29) is 11.3 Å². The molecule has 0 aliphatic rings. The normalized spacial score (nSPS) is 11.2. The van der Waals surface area contributed by atoms with Crippen molar-refractivity contribution in [3.8, 4) is 0 Å². The van der Waals surface area contributed by atoms with Crippen LogP contribution >= 0.6 is 0 Å². The molecule has 0 fully saturated rings. The molecule has 0 radical (unpaired) electrons. The van der Waals surface area contributed by atoms with Crippen LogP contribution in [0.4, 0.5) is 5.69 Å². The van der Waals surface area contributed by atoms with Crippen LogP contribution in [0.3, 0.4) is 0 Å². The Morgan fingerprint density at radius 3 is 2.88 bits per heavy atom. The Labute approximate surface area is 94.5 Å². The molecule has 0 aliphatic heterocycles. The Hall–Kier alpha value is -1.62. The van der Waals surface area contributed by atoms with Gasteiger partial charge in [0, 0.05) is 25.5 Å². The summed E-state index contributed by atoms with van der Waals surface area (Å²) in [5.74, 6) is -1.03. The summed E-state index contributed by atoms with van der Waals surface area (Å²) in [6, 6.07) is 3.21. The van der Waals surface area contributed by atoms with E-state index in [0.29, 0.717) is 6.54 Å². The third kappa shape index (κ3) is 3.51. The van der Waals surface area contributed by atoms with Crippen molar-refractivity contribution < 1.29 is 14.6 Å². The van der Waals surface area contributed by atoms with Crippen LogP contribution in [0.1, 0.15) is 24.3 Å². The molecule has 0 unspecified atom stereocenters. The van der Waals surface area contributed by atoms with Gasteiger partial charge in [-0.2, -0.15) is 0 Å². The van der Waals surface area contributed by atoms with Gasteiger partial charge in [-0.25, -0.2) is 9.78 Å². The lowest BCUT2D eigenvalue weighted by Crippen LogP contribution is -2.32. The van der Waals surface area contributed by atoms with Crippen molar-refractivity contribution in [3.05, 3.63) is 24.0 Å². The number of methoxy groups -OCH3 is 1. The minimum Gasteiger partial charge on any atom is -0.477 e. The molecule has 1 aromatic rings. The average Bonchev–Trinajstić information content (AvgIpc) is 2.27. The molecule has 1 aromatic heterocycles. The largest absolute Gasteiger partial charge is 0.477 e. The molecule has 0 spiro atoms. The zero-order chi connectivity index (χ0) is 12.2. The van der Waals surface area contributed by atoms with Gasteiger partial charge in [0.15, 0.2) is 0 Å². The molecule has 1 heterocycles. The SMILES string of the molecule is COC(C)(C)CNc1ccnc(C(=O)O)c1. The first kappa shape index (κ1) is 12.4. The molecule has 88 valence electrons. The number of nitrogens with one attached hydrogen (secondary N) is 1. The third-order valence-corrected chi connectivity index (χ3v) is 2.25. The smallest absolute Gasteiger partial charge is 0.354 e. The van der Waals surface area contributed by atoms with Crippen molar-refractivity contribution in [2.75, 3.05) is 19.0 Å². The van der Waals surface area contributed by atoms with Crippen LogP contribution in [0.25, 0.3) is 0 Å². The summed E-state index contributed by atoms with van der Waals surface area (Å²) in [6.45, 7) is 4.48. The van der Waals surface area contributed by atoms with E-state index < -0.39 is 5.97 Å². The minimum atomic E-state index is -1.03. The Bertz CT molecular complexity index is 377. The van der Waals surface area contributed by atoms with E-state index in [9.17, 15) is 4.79 Å². The van der Waals surface area contributed by atoms with Crippen molar-refractivity contribution in [3.63, 3.8) is 0 Å². The number of anilines is 1. The fraction of sp³-hybridized carbons (Fsp3) is 0.455. The first-order valence-corrected chi connectivity index (χ1v) is 4.93. The maximum Gasteiger partial charge on any atom is 0.354 e. The third-order valence-electron chi connectivity index (χ3n) is 2.25. The fourth-order valence-corrected chi connectivity index (χ4v) is 1.04. The van der Waals surface area contributed by atoms with Gasteiger partial charge in [0.2, 0.25) is 0 Å². The molecule has 0 saturated carbocycles. The van der Waals surface area contributed by atoms with E-state index in [4.69, 9.17) is 9.84 Å². The highest BCUT2D eigenvalue weighted by Crippen LogP contribution is 2.12. The molecular formula is C11H16N2O3. The lowest BCUT2D eigenvalue weighted by Gasteiger charge is -2.23. The Morgan fingerprint density at radius 1 is 1.62 bits per heavy atom. The van der Waals surface area contributed by atoms with Crippen LogP contribution in [-0.2, 0) is 4.74 Å². The van der Waals surface area contributed by atoms with Crippen LogP contribution in [0, 0.1) is 0 Å². The summed E-state index contributed by atoms with van der Waals surface area (Å²) in [7, 11) is 1.64. The molecule has 0 saturated heterocycles. The Morgan fingerprint density at radius 2 is 2.31 bits per heavy atom. The van der Waals surface area contributed by atoms with E-state index in [1.54, 1.807) is 13.2 Å². The quantitative estimate of drug-likeness (QED) is 0.795. The van der Waals surface area contributed by atoms with Gasteiger partial charge in [0.25, 0.3) is 0 Å². The fourth-order valence-electron chi connectivity index (χ4n) is 1.04. The summed E-state index contributed by atoms with van der Waals surface area (Å²) >= 11 is 0. The van der Waals surface area contributed by atoms with Crippen molar-refractivity contribution in [2.24, 2.45) is 0 Å². The lowest BCUT2D eigenvalue weighted by atomic mass is 10.1. The summed E-state index contributed by atoms with van der Waals surface area (Å²) in [4.78, 5) is 14.4. The number of ether oxygens (including phenoxy) is 1. The second kappa shape index (κ2) is 4.94.